The van der Waals surface area contributed by atoms with E-state index in [2.05, 4.69) is 29.1 Å². The number of carbonyl (C=O) groups is 1. The Hall–Kier alpha value is -2.47. The van der Waals surface area contributed by atoms with Gasteiger partial charge >= 0.3 is 5.97 Å². The van der Waals surface area contributed by atoms with Gasteiger partial charge in [0, 0.05) is 18.0 Å². The fourth-order valence-corrected chi connectivity index (χ4v) is 3.45. The Bertz CT molecular complexity index is 867. The fraction of sp³-hybridized carbons (Fsp3) is 0.278. The summed E-state index contributed by atoms with van der Waals surface area (Å²) in [7, 11) is 1.93. The molecule has 0 aliphatic rings. The molecule has 124 valence electrons. The van der Waals surface area contributed by atoms with E-state index >= 15 is 0 Å². The van der Waals surface area contributed by atoms with Gasteiger partial charge in [-0.15, -0.1) is 11.3 Å². The molecule has 0 bridgehead atoms. The molecule has 0 spiro atoms. The van der Waals surface area contributed by atoms with E-state index in [1.165, 1.54) is 16.9 Å². The van der Waals surface area contributed by atoms with E-state index in [-0.39, 0.29) is 12.4 Å². The third kappa shape index (κ3) is 3.23. The topological polar surface area (TPSA) is 57.0 Å². The number of aromatic nitrogens is 3. The third-order valence-electron chi connectivity index (χ3n) is 3.75. The van der Waals surface area contributed by atoms with E-state index in [9.17, 15) is 4.79 Å². The van der Waals surface area contributed by atoms with Gasteiger partial charge in [0.15, 0.2) is 0 Å². The van der Waals surface area contributed by atoms with Crippen molar-refractivity contribution in [3.05, 3.63) is 47.1 Å². The zero-order valence-corrected chi connectivity index (χ0v) is 14.8. The lowest BCUT2D eigenvalue weighted by Gasteiger charge is -2.08. The number of hydrogen-bond acceptors (Lipinski definition) is 5. The smallest absolute Gasteiger partial charge is 0.311 e. The summed E-state index contributed by atoms with van der Waals surface area (Å²) in [6.45, 7) is 4.27. The van der Waals surface area contributed by atoms with Crippen molar-refractivity contribution in [3.8, 4) is 21.8 Å². The standard InChI is InChI=1S/C18H19N3O2S/c1-4-23-16(22)9-13-11-24-18(20-13)15-10-19-21(3)17(15)14-8-6-5-7-12(14)2/h5-8,10-11H,4,9H2,1-3H3. The van der Waals surface area contributed by atoms with E-state index < -0.39 is 0 Å². The van der Waals surface area contributed by atoms with Gasteiger partial charge in [-0.3, -0.25) is 9.48 Å². The van der Waals surface area contributed by atoms with Crippen LogP contribution in [0.2, 0.25) is 0 Å². The Morgan fingerprint density at radius 1 is 1.29 bits per heavy atom. The first-order valence-corrected chi connectivity index (χ1v) is 8.66. The van der Waals surface area contributed by atoms with Crippen LogP contribution >= 0.6 is 11.3 Å². The summed E-state index contributed by atoms with van der Waals surface area (Å²) in [5.41, 5.74) is 5.06. The first-order chi connectivity index (χ1) is 11.6. The van der Waals surface area contributed by atoms with Gasteiger partial charge in [-0.1, -0.05) is 24.3 Å². The van der Waals surface area contributed by atoms with Crippen LogP contribution in [0.15, 0.2) is 35.8 Å². The number of ether oxygens (including phenoxy) is 1. The van der Waals surface area contributed by atoms with Crippen LogP contribution in [0.1, 0.15) is 18.2 Å². The van der Waals surface area contributed by atoms with Crippen molar-refractivity contribution in [2.24, 2.45) is 7.05 Å². The number of aryl methyl sites for hydroxylation is 2. The maximum atomic E-state index is 11.6. The number of rotatable bonds is 5. The quantitative estimate of drug-likeness (QED) is 0.665. The Kier molecular flexibility index (Phi) is 4.76. The van der Waals surface area contributed by atoms with Gasteiger partial charge < -0.3 is 4.74 Å². The van der Waals surface area contributed by atoms with Gasteiger partial charge in [0.1, 0.15) is 5.01 Å². The van der Waals surface area contributed by atoms with Crippen LogP contribution < -0.4 is 0 Å². The van der Waals surface area contributed by atoms with Crippen molar-refractivity contribution in [1.29, 1.82) is 0 Å². The Morgan fingerprint density at radius 2 is 2.08 bits per heavy atom. The van der Waals surface area contributed by atoms with Crippen LogP contribution in [0.4, 0.5) is 0 Å². The number of benzene rings is 1. The molecular weight excluding hydrogens is 322 g/mol. The molecule has 3 aromatic rings. The van der Waals surface area contributed by atoms with Crippen molar-refractivity contribution in [1.82, 2.24) is 14.8 Å². The van der Waals surface area contributed by atoms with Crippen LogP contribution in [0.5, 0.6) is 0 Å². The molecular formula is C18H19N3O2S. The monoisotopic (exact) mass is 341 g/mol. The van der Waals surface area contributed by atoms with E-state index in [4.69, 9.17) is 4.74 Å². The molecule has 0 N–H and O–H groups in total. The predicted octanol–water partition coefficient (Wildman–Crippen LogP) is 3.62. The second-order valence-electron chi connectivity index (χ2n) is 5.47. The number of hydrogen-bond donors (Lipinski definition) is 0. The highest BCUT2D eigenvalue weighted by atomic mass is 32.1. The molecule has 6 heteroatoms. The van der Waals surface area contributed by atoms with Crippen molar-refractivity contribution in [2.75, 3.05) is 6.61 Å². The molecule has 5 nitrogen and oxygen atoms in total. The lowest BCUT2D eigenvalue weighted by molar-refractivity contribution is -0.142. The first kappa shape index (κ1) is 16.4. The zero-order valence-electron chi connectivity index (χ0n) is 13.9. The molecule has 1 aromatic carbocycles. The molecule has 0 aliphatic heterocycles. The molecule has 0 atom stereocenters. The van der Waals surface area contributed by atoms with Gasteiger partial charge in [0.25, 0.3) is 0 Å². The van der Waals surface area contributed by atoms with E-state index in [0.29, 0.717) is 6.61 Å². The second kappa shape index (κ2) is 6.97. The summed E-state index contributed by atoms with van der Waals surface area (Å²) >= 11 is 1.52. The second-order valence-corrected chi connectivity index (χ2v) is 6.33. The fourth-order valence-electron chi connectivity index (χ4n) is 2.62. The largest absolute Gasteiger partial charge is 0.466 e. The SMILES string of the molecule is CCOC(=O)Cc1csc(-c2cnn(C)c2-c2ccccc2C)n1. The minimum Gasteiger partial charge on any atom is -0.466 e. The lowest BCUT2D eigenvalue weighted by Crippen LogP contribution is -2.07. The van der Waals surface area contributed by atoms with Crippen molar-refractivity contribution >= 4 is 17.3 Å². The van der Waals surface area contributed by atoms with Crippen molar-refractivity contribution in [2.45, 2.75) is 20.3 Å². The van der Waals surface area contributed by atoms with E-state index in [1.54, 1.807) is 6.92 Å². The third-order valence-corrected chi connectivity index (χ3v) is 4.68. The summed E-state index contributed by atoms with van der Waals surface area (Å²) in [4.78, 5) is 16.2. The average Bonchev–Trinajstić information content (AvgIpc) is 3.15. The normalized spacial score (nSPS) is 10.8. The summed E-state index contributed by atoms with van der Waals surface area (Å²) < 4.78 is 6.85. The Morgan fingerprint density at radius 3 is 2.83 bits per heavy atom. The maximum Gasteiger partial charge on any atom is 0.311 e. The summed E-state index contributed by atoms with van der Waals surface area (Å²) in [6.07, 6.45) is 2.03. The maximum absolute atomic E-state index is 11.6. The molecule has 0 amide bonds. The van der Waals surface area contributed by atoms with Crippen LogP contribution in [0, 0.1) is 6.92 Å². The molecule has 2 aromatic heterocycles. The lowest BCUT2D eigenvalue weighted by atomic mass is 10.0. The molecule has 0 aliphatic carbocycles. The Labute approximate surface area is 144 Å². The molecule has 3 rings (SSSR count). The first-order valence-electron chi connectivity index (χ1n) is 7.78. The molecule has 0 unspecified atom stereocenters. The molecule has 0 saturated heterocycles. The van der Waals surface area contributed by atoms with E-state index in [0.717, 1.165) is 27.5 Å². The number of thiazole rings is 1. The van der Waals surface area contributed by atoms with Gasteiger partial charge in [-0.25, -0.2) is 4.98 Å². The van der Waals surface area contributed by atoms with Gasteiger partial charge in [-0.2, -0.15) is 5.10 Å². The highest BCUT2D eigenvalue weighted by Gasteiger charge is 2.18. The number of esters is 1. The molecule has 2 heterocycles. The van der Waals surface area contributed by atoms with Crippen LogP contribution in [-0.2, 0) is 23.0 Å². The van der Waals surface area contributed by atoms with Crippen molar-refractivity contribution < 1.29 is 9.53 Å². The molecule has 0 saturated carbocycles. The summed E-state index contributed by atoms with van der Waals surface area (Å²) in [6, 6.07) is 8.21. The van der Waals surface area contributed by atoms with Gasteiger partial charge in [-0.05, 0) is 19.4 Å². The van der Waals surface area contributed by atoms with Crippen LogP contribution in [0.25, 0.3) is 21.8 Å². The zero-order chi connectivity index (χ0) is 17.1. The van der Waals surface area contributed by atoms with Gasteiger partial charge in [0.2, 0.25) is 0 Å². The molecule has 0 fully saturated rings. The summed E-state index contributed by atoms with van der Waals surface area (Å²) in [5, 5.41) is 7.17. The van der Waals surface area contributed by atoms with Gasteiger partial charge in [0.05, 0.1) is 36.2 Å². The predicted molar refractivity (Wildman–Crippen MR) is 94.8 cm³/mol. The summed E-state index contributed by atoms with van der Waals surface area (Å²) in [5.74, 6) is -0.250. The van der Waals surface area contributed by atoms with Crippen molar-refractivity contribution in [3.63, 3.8) is 0 Å². The minimum absolute atomic E-state index is 0.199. The minimum atomic E-state index is -0.250. The number of nitrogens with zero attached hydrogens (tertiary/aromatic N) is 3. The Balaban J connectivity index is 1.96. The number of carbonyl (C=O) groups excluding carboxylic acids is 1. The highest BCUT2D eigenvalue weighted by molar-refractivity contribution is 7.13. The van der Waals surface area contributed by atoms with E-state index in [1.807, 2.05) is 35.4 Å². The molecule has 24 heavy (non-hydrogen) atoms. The average molecular weight is 341 g/mol. The highest BCUT2D eigenvalue weighted by Crippen LogP contribution is 2.34. The molecule has 0 radical (unpaired) electrons. The van der Waals surface area contributed by atoms with Crippen LogP contribution in [-0.4, -0.2) is 27.3 Å². The van der Waals surface area contributed by atoms with Crippen LogP contribution in [0.3, 0.4) is 0 Å².